The van der Waals surface area contributed by atoms with E-state index in [1.165, 1.54) is 11.7 Å². The number of benzene rings is 1. The molecule has 29 heavy (non-hydrogen) atoms. The summed E-state index contributed by atoms with van der Waals surface area (Å²) in [5, 5.41) is 3.73. The highest BCUT2D eigenvalue weighted by Gasteiger charge is 2.65. The molecule has 3 aliphatic rings. The summed E-state index contributed by atoms with van der Waals surface area (Å²) in [4.78, 5) is 29.4. The van der Waals surface area contributed by atoms with Crippen molar-refractivity contribution in [2.45, 2.75) is 37.1 Å². The van der Waals surface area contributed by atoms with Gasteiger partial charge in [0.15, 0.2) is 5.72 Å². The van der Waals surface area contributed by atoms with Gasteiger partial charge in [-0.05, 0) is 11.6 Å². The van der Waals surface area contributed by atoms with E-state index in [4.69, 9.17) is 4.74 Å². The lowest BCUT2D eigenvalue weighted by Gasteiger charge is -2.33. The third kappa shape index (κ3) is 2.53. The highest BCUT2D eigenvalue weighted by atomic mass is 19.3. The van der Waals surface area contributed by atoms with Crippen molar-refractivity contribution in [1.82, 2.24) is 19.6 Å². The quantitative estimate of drug-likeness (QED) is 0.790. The van der Waals surface area contributed by atoms with Crippen LogP contribution in [0.5, 0.6) is 0 Å². The van der Waals surface area contributed by atoms with Crippen molar-refractivity contribution in [3.63, 3.8) is 0 Å². The summed E-state index contributed by atoms with van der Waals surface area (Å²) >= 11 is 0. The van der Waals surface area contributed by atoms with Crippen LogP contribution < -0.4 is 0 Å². The molecule has 3 fully saturated rings. The molecule has 0 radical (unpaired) electrons. The topological polar surface area (TPSA) is 67.7 Å². The fourth-order valence-electron chi connectivity index (χ4n) is 4.95. The number of halogens is 2. The van der Waals surface area contributed by atoms with Crippen LogP contribution in [0.2, 0.25) is 0 Å². The summed E-state index contributed by atoms with van der Waals surface area (Å²) in [6, 6.07) is 10.2. The first-order valence-electron chi connectivity index (χ1n) is 9.56. The van der Waals surface area contributed by atoms with E-state index in [0.717, 1.165) is 11.6 Å². The molecule has 2 aromatic rings. The average Bonchev–Trinajstić information content (AvgIpc) is 3.43. The molecule has 5 rings (SSSR count). The Hall–Kier alpha value is -2.81. The third-order valence-corrected chi connectivity index (χ3v) is 6.24. The smallest absolute Gasteiger partial charge is 0.282 e. The number of nitrogens with zero attached hydrogens (tertiary/aromatic N) is 4. The van der Waals surface area contributed by atoms with Gasteiger partial charge >= 0.3 is 0 Å². The second kappa shape index (κ2) is 6.35. The molecule has 2 amide bonds. The van der Waals surface area contributed by atoms with Crippen molar-refractivity contribution in [2.24, 2.45) is 7.05 Å². The van der Waals surface area contributed by atoms with Crippen molar-refractivity contribution >= 4 is 11.8 Å². The molecule has 0 aliphatic carbocycles. The predicted octanol–water partition coefficient (Wildman–Crippen LogP) is 2.27. The molecule has 9 heteroatoms. The predicted molar refractivity (Wildman–Crippen MR) is 96.9 cm³/mol. The number of amides is 2. The maximum absolute atomic E-state index is 13.1. The van der Waals surface area contributed by atoms with Crippen LogP contribution in [-0.2, 0) is 16.6 Å². The summed E-state index contributed by atoms with van der Waals surface area (Å²) in [5.74, 6) is -0.465. The van der Waals surface area contributed by atoms with Gasteiger partial charge in [0.25, 0.3) is 12.3 Å². The summed E-state index contributed by atoms with van der Waals surface area (Å²) in [7, 11) is 1.47. The number of ether oxygens (including phenoxy) is 1. The van der Waals surface area contributed by atoms with Crippen LogP contribution in [0.4, 0.5) is 8.78 Å². The molecule has 0 saturated carbocycles. The van der Waals surface area contributed by atoms with Crippen molar-refractivity contribution in [2.75, 3.05) is 13.2 Å². The number of carbonyl (C=O) groups is 2. The van der Waals surface area contributed by atoms with E-state index in [2.05, 4.69) is 5.10 Å². The minimum absolute atomic E-state index is 0.0582. The van der Waals surface area contributed by atoms with Gasteiger partial charge in [-0.3, -0.25) is 14.3 Å². The van der Waals surface area contributed by atoms with Gasteiger partial charge in [-0.2, -0.15) is 5.10 Å². The molecule has 1 aromatic carbocycles. The number of aromatic nitrogens is 2. The average molecular weight is 402 g/mol. The molecule has 3 atom stereocenters. The van der Waals surface area contributed by atoms with Crippen LogP contribution in [-0.4, -0.2) is 56.3 Å². The molecule has 4 heterocycles. The van der Waals surface area contributed by atoms with Gasteiger partial charge in [0.1, 0.15) is 11.4 Å². The largest absolute Gasteiger partial charge is 0.351 e. The molecule has 0 N–H and O–H groups in total. The van der Waals surface area contributed by atoms with Gasteiger partial charge in [-0.25, -0.2) is 8.78 Å². The molecule has 3 aliphatic heterocycles. The zero-order chi connectivity index (χ0) is 20.3. The van der Waals surface area contributed by atoms with Crippen molar-refractivity contribution in [1.29, 1.82) is 0 Å². The highest BCUT2D eigenvalue weighted by Crippen LogP contribution is 2.51. The van der Waals surface area contributed by atoms with Gasteiger partial charge in [0, 0.05) is 20.0 Å². The van der Waals surface area contributed by atoms with Crippen LogP contribution in [0.1, 0.15) is 47.1 Å². The van der Waals surface area contributed by atoms with Gasteiger partial charge < -0.3 is 14.5 Å². The second-order valence-corrected chi connectivity index (χ2v) is 7.69. The first-order chi connectivity index (χ1) is 13.9. The van der Waals surface area contributed by atoms with E-state index in [-0.39, 0.29) is 24.1 Å². The molecule has 1 spiro atoms. The van der Waals surface area contributed by atoms with E-state index in [1.807, 2.05) is 30.3 Å². The lowest BCUT2D eigenvalue weighted by Crippen LogP contribution is -2.49. The fraction of sp³-hybridized carbons (Fsp3) is 0.450. The van der Waals surface area contributed by atoms with Crippen molar-refractivity contribution in [3.8, 4) is 0 Å². The summed E-state index contributed by atoms with van der Waals surface area (Å²) in [6.45, 7) is 0.763. The Morgan fingerprint density at radius 3 is 2.76 bits per heavy atom. The van der Waals surface area contributed by atoms with E-state index >= 15 is 0 Å². The SMILES string of the molecule is Cn1nc(C(F)F)cc1C(=O)N1CC[C@@]23OC[C@@H](c4ccccc4)N2C(=O)C[C@@H]13. The van der Waals surface area contributed by atoms with E-state index in [0.29, 0.717) is 19.6 Å². The zero-order valence-electron chi connectivity index (χ0n) is 15.8. The summed E-state index contributed by atoms with van der Waals surface area (Å²) in [5.41, 5.74) is -0.204. The maximum atomic E-state index is 13.1. The number of carbonyl (C=O) groups excluding carboxylic acids is 2. The number of hydrogen-bond acceptors (Lipinski definition) is 4. The maximum Gasteiger partial charge on any atom is 0.282 e. The summed E-state index contributed by atoms with van der Waals surface area (Å²) < 4.78 is 33.3. The highest BCUT2D eigenvalue weighted by molar-refractivity contribution is 5.94. The van der Waals surface area contributed by atoms with Crippen molar-refractivity contribution in [3.05, 3.63) is 53.3 Å². The molecule has 3 saturated heterocycles. The Balaban J connectivity index is 1.45. The molecule has 0 bridgehead atoms. The number of likely N-dealkylation sites (tertiary alicyclic amines) is 1. The van der Waals surface area contributed by atoms with Crippen LogP contribution in [0.3, 0.4) is 0 Å². The second-order valence-electron chi connectivity index (χ2n) is 7.69. The first-order valence-corrected chi connectivity index (χ1v) is 9.56. The van der Waals surface area contributed by atoms with Crippen molar-refractivity contribution < 1.29 is 23.1 Å². The lowest BCUT2D eigenvalue weighted by molar-refractivity contribution is -0.138. The van der Waals surface area contributed by atoms with E-state index in [1.54, 1.807) is 9.80 Å². The van der Waals surface area contributed by atoms with Crippen LogP contribution in [0, 0.1) is 0 Å². The normalized spacial score (nSPS) is 28.3. The molecular weight excluding hydrogens is 382 g/mol. The number of alkyl halides is 2. The lowest BCUT2D eigenvalue weighted by atomic mass is 10.0. The van der Waals surface area contributed by atoms with Crippen LogP contribution >= 0.6 is 0 Å². The van der Waals surface area contributed by atoms with E-state index in [9.17, 15) is 18.4 Å². The van der Waals surface area contributed by atoms with Gasteiger partial charge in [-0.15, -0.1) is 0 Å². The third-order valence-electron chi connectivity index (χ3n) is 6.24. The Morgan fingerprint density at radius 2 is 2.07 bits per heavy atom. The van der Waals surface area contributed by atoms with E-state index < -0.39 is 29.8 Å². The molecule has 1 aromatic heterocycles. The Bertz CT molecular complexity index is 979. The zero-order valence-corrected chi connectivity index (χ0v) is 15.8. The Morgan fingerprint density at radius 1 is 1.31 bits per heavy atom. The first kappa shape index (κ1) is 18.2. The molecule has 0 unspecified atom stereocenters. The van der Waals surface area contributed by atoms with Crippen LogP contribution in [0.15, 0.2) is 36.4 Å². The van der Waals surface area contributed by atoms with Gasteiger partial charge in [-0.1, -0.05) is 30.3 Å². The standard InChI is InChI=1S/C20H20F2N4O3/c1-24-14(9-13(23-24)18(21)22)19(28)25-8-7-20-16(25)10-17(27)26(20)15(11-29-20)12-5-3-2-4-6-12/h2-6,9,15-16,18H,7-8,10-11H2,1H3/t15-,16+,20-/m0/s1. The Labute approximate surface area is 165 Å². The monoisotopic (exact) mass is 402 g/mol. The number of rotatable bonds is 3. The summed E-state index contributed by atoms with van der Waals surface area (Å²) in [6.07, 6.45) is -2.09. The molecule has 7 nitrogen and oxygen atoms in total. The molecule has 152 valence electrons. The fourth-order valence-corrected chi connectivity index (χ4v) is 4.95. The minimum atomic E-state index is -2.75. The molecular formula is C20H20F2N4O3. The van der Waals surface area contributed by atoms with Gasteiger partial charge in [0.2, 0.25) is 5.91 Å². The Kier molecular flexibility index (Phi) is 3.99. The number of hydrogen-bond donors (Lipinski definition) is 0. The number of aryl methyl sites for hydroxylation is 1. The minimum Gasteiger partial charge on any atom is -0.351 e. The van der Waals surface area contributed by atoms with Gasteiger partial charge in [0.05, 0.1) is 25.1 Å². The van der Waals surface area contributed by atoms with Crippen LogP contribution in [0.25, 0.3) is 0 Å².